The highest BCUT2D eigenvalue weighted by Crippen LogP contribution is 2.13. The molecule has 0 unspecified atom stereocenters. The molecule has 19 heavy (non-hydrogen) atoms. The maximum Gasteiger partial charge on any atom is 0.277 e. The number of thiophene rings is 1. The summed E-state index contributed by atoms with van der Waals surface area (Å²) in [5.41, 5.74) is 0.781. The number of rotatable bonds is 6. The third-order valence-corrected chi connectivity index (χ3v) is 4.09. The van der Waals surface area contributed by atoms with Crippen molar-refractivity contribution in [3.05, 3.63) is 21.9 Å². The van der Waals surface area contributed by atoms with Gasteiger partial charge in [-0.15, -0.1) is 11.3 Å². The predicted octanol–water partition coefficient (Wildman–Crippen LogP) is 0.672. The Bertz CT molecular complexity index is 553. The zero-order valence-corrected chi connectivity index (χ0v) is 12.6. The van der Waals surface area contributed by atoms with E-state index in [1.165, 1.54) is 11.3 Å². The maximum atomic E-state index is 11.6. The molecule has 5 nitrogen and oxygen atoms in total. The van der Waals surface area contributed by atoms with Crippen molar-refractivity contribution in [2.45, 2.75) is 20.4 Å². The molecule has 0 aromatic carbocycles. The summed E-state index contributed by atoms with van der Waals surface area (Å²) in [6.45, 7) is 4.34. The minimum Gasteiger partial charge on any atom is -0.384 e. The molecular formula is C12H18N2O3S2. The molecule has 0 atom stereocenters. The van der Waals surface area contributed by atoms with Crippen molar-refractivity contribution < 1.29 is 13.5 Å². The fourth-order valence-corrected chi connectivity index (χ4v) is 3.02. The van der Waals surface area contributed by atoms with Crippen LogP contribution in [0.5, 0.6) is 0 Å². The van der Waals surface area contributed by atoms with Crippen LogP contribution in [0.2, 0.25) is 0 Å². The monoisotopic (exact) mass is 302 g/mol. The van der Waals surface area contributed by atoms with Crippen LogP contribution in [-0.4, -0.2) is 26.7 Å². The van der Waals surface area contributed by atoms with E-state index in [-0.39, 0.29) is 19.1 Å². The second-order valence-corrected chi connectivity index (χ2v) is 6.91. The molecule has 1 aromatic heterocycles. The van der Waals surface area contributed by atoms with Gasteiger partial charge in [0.2, 0.25) is 0 Å². The van der Waals surface area contributed by atoms with Crippen LogP contribution in [0.3, 0.4) is 0 Å². The van der Waals surface area contributed by atoms with Crippen LogP contribution in [-0.2, 0) is 16.8 Å². The average molecular weight is 302 g/mol. The Hall–Kier alpha value is -0.910. The summed E-state index contributed by atoms with van der Waals surface area (Å²) in [6, 6.07) is 1.80. The van der Waals surface area contributed by atoms with E-state index >= 15 is 0 Å². The fourth-order valence-electron chi connectivity index (χ4n) is 1.17. The van der Waals surface area contributed by atoms with Crippen molar-refractivity contribution in [1.29, 1.82) is 0 Å². The first-order valence-electron chi connectivity index (χ1n) is 5.84. The molecule has 7 heteroatoms. The lowest BCUT2D eigenvalue weighted by Crippen LogP contribution is -2.37. The largest absolute Gasteiger partial charge is 0.384 e. The molecule has 0 aliphatic carbocycles. The van der Waals surface area contributed by atoms with E-state index in [4.69, 9.17) is 5.11 Å². The summed E-state index contributed by atoms with van der Waals surface area (Å²) in [5, 5.41) is 10.4. The lowest BCUT2D eigenvalue weighted by Gasteiger charge is -2.08. The number of hydrogen-bond donors (Lipinski definition) is 3. The van der Waals surface area contributed by atoms with Crippen LogP contribution in [0.1, 0.15) is 24.3 Å². The Balaban J connectivity index is 2.50. The molecule has 0 spiro atoms. The summed E-state index contributed by atoms with van der Waals surface area (Å²) < 4.78 is 28.2. The molecule has 3 N–H and O–H groups in total. The van der Waals surface area contributed by atoms with Crippen molar-refractivity contribution >= 4 is 21.5 Å². The van der Waals surface area contributed by atoms with Crippen LogP contribution < -0.4 is 9.44 Å². The molecular weight excluding hydrogens is 284 g/mol. The Labute approximate surface area is 118 Å². The minimum absolute atomic E-state index is 0.184. The first-order chi connectivity index (χ1) is 8.93. The van der Waals surface area contributed by atoms with Crippen LogP contribution in [0.25, 0.3) is 0 Å². The van der Waals surface area contributed by atoms with Gasteiger partial charge in [-0.05, 0) is 12.0 Å². The van der Waals surface area contributed by atoms with Gasteiger partial charge in [0.05, 0.1) is 0 Å². The highest BCUT2D eigenvalue weighted by Gasteiger charge is 2.10. The first-order valence-corrected chi connectivity index (χ1v) is 8.20. The van der Waals surface area contributed by atoms with Crippen molar-refractivity contribution in [3.63, 3.8) is 0 Å². The number of nitrogens with one attached hydrogen (secondary N) is 2. The van der Waals surface area contributed by atoms with Crippen LogP contribution >= 0.6 is 11.3 Å². The summed E-state index contributed by atoms with van der Waals surface area (Å²) in [7, 11) is -3.45. The predicted molar refractivity (Wildman–Crippen MR) is 76.9 cm³/mol. The van der Waals surface area contributed by atoms with E-state index in [2.05, 4.69) is 21.3 Å². The molecule has 1 rings (SSSR count). The Kier molecular flexibility index (Phi) is 6.48. The quantitative estimate of drug-likeness (QED) is 0.676. The molecule has 0 saturated carbocycles. The molecule has 106 valence electrons. The highest BCUT2D eigenvalue weighted by atomic mass is 32.2. The van der Waals surface area contributed by atoms with Gasteiger partial charge in [-0.25, -0.2) is 4.72 Å². The molecule has 0 aliphatic heterocycles. The summed E-state index contributed by atoms with van der Waals surface area (Å²) in [5.74, 6) is 5.58. The fraction of sp³-hybridized carbons (Fsp3) is 0.500. The Morgan fingerprint density at radius 1 is 1.42 bits per heavy atom. The van der Waals surface area contributed by atoms with Gasteiger partial charge in [0.1, 0.15) is 6.61 Å². The third kappa shape index (κ3) is 6.71. The highest BCUT2D eigenvalue weighted by molar-refractivity contribution is 7.87. The standard InChI is InChI=1S/C12H18N2O3S2/c1-10(2)7-13-19(16,17)14-8-12-6-11(9-18-12)4-3-5-15/h6,9-10,13-15H,5,7-8H2,1-2H3. The first kappa shape index (κ1) is 16.1. The van der Waals surface area contributed by atoms with E-state index in [1.54, 1.807) is 6.07 Å². The summed E-state index contributed by atoms with van der Waals surface area (Å²) in [4.78, 5) is 0.872. The van der Waals surface area contributed by atoms with E-state index in [1.807, 2.05) is 19.2 Å². The summed E-state index contributed by atoms with van der Waals surface area (Å²) in [6.07, 6.45) is 0. The molecule has 0 amide bonds. The maximum absolute atomic E-state index is 11.6. The van der Waals surface area contributed by atoms with E-state index < -0.39 is 10.2 Å². The van der Waals surface area contributed by atoms with Crippen molar-refractivity contribution in [2.75, 3.05) is 13.2 Å². The Morgan fingerprint density at radius 2 is 2.16 bits per heavy atom. The van der Waals surface area contributed by atoms with Crippen molar-refractivity contribution in [2.24, 2.45) is 5.92 Å². The van der Waals surface area contributed by atoms with E-state index in [0.29, 0.717) is 6.54 Å². The second kappa shape index (κ2) is 7.62. The molecule has 0 saturated heterocycles. The Morgan fingerprint density at radius 3 is 2.79 bits per heavy atom. The van der Waals surface area contributed by atoms with Gasteiger partial charge in [-0.3, -0.25) is 0 Å². The van der Waals surface area contributed by atoms with Crippen molar-refractivity contribution in [3.8, 4) is 11.8 Å². The zero-order chi connectivity index (χ0) is 14.3. The smallest absolute Gasteiger partial charge is 0.277 e. The SMILES string of the molecule is CC(C)CNS(=O)(=O)NCc1cc(C#CCO)cs1. The molecule has 1 heterocycles. The summed E-state index contributed by atoms with van der Waals surface area (Å²) >= 11 is 1.43. The zero-order valence-electron chi connectivity index (χ0n) is 10.9. The van der Waals surface area contributed by atoms with Gasteiger partial charge < -0.3 is 5.11 Å². The van der Waals surface area contributed by atoms with E-state index in [0.717, 1.165) is 10.4 Å². The lowest BCUT2D eigenvalue weighted by atomic mass is 10.2. The number of aliphatic hydroxyl groups excluding tert-OH is 1. The van der Waals surface area contributed by atoms with Crippen molar-refractivity contribution in [1.82, 2.24) is 9.44 Å². The topological polar surface area (TPSA) is 78.4 Å². The molecule has 0 fully saturated rings. The molecule has 1 aromatic rings. The van der Waals surface area contributed by atoms with Crippen LogP contribution in [0, 0.1) is 17.8 Å². The minimum atomic E-state index is -3.45. The van der Waals surface area contributed by atoms with Gasteiger partial charge in [0, 0.05) is 28.9 Å². The van der Waals surface area contributed by atoms with Gasteiger partial charge in [-0.1, -0.05) is 25.7 Å². The van der Waals surface area contributed by atoms with E-state index in [9.17, 15) is 8.42 Å². The molecule has 0 aliphatic rings. The normalized spacial score (nSPS) is 11.4. The van der Waals surface area contributed by atoms with Gasteiger partial charge in [0.25, 0.3) is 10.2 Å². The number of hydrogen-bond acceptors (Lipinski definition) is 4. The molecule has 0 bridgehead atoms. The van der Waals surface area contributed by atoms with Gasteiger partial charge in [0.15, 0.2) is 0 Å². The second-order valence-electron chi connectivity index (χ2n) is 4.33. The van der Waals surface area contributed by atoms with Gasteiger partial charge >= 0.3 is 0 Å². The number of aliphatic hydroxyl groups is 1. The lowest BCUT2D eigenvalue weighted by molar-refractivity contribution is 0.350. The van der Waals surface area contributed by atoms with Gasteiger partial charge in [-0.2, -0.15) is 13.1 Å². The third-order valence-electron chi connectivity index (χ3n) is 2.08. The van der Waals surface area contributed by atoms with Crippen LogP contribution in [0.4, 0.5) is 0 Å². The van der Waals surface area contributed by atoms with Crippen LogP contribution in [0.15, 0.2) is 11.4 Å². The molecule has 0 radical (unpaired) electrons. The average Bonchev–Trinajstić information content (AvgIpc) is 2.80.